The number of nitrogens with one attached hydrogen (secondary N) is 2. The zero-order chi connectivity index (χ0) is 19.7. The first-order chi connectivity index (χ1) is 13.5. The summed E-state index contributed by atoms with van der Waals surface area (Å²) < 4.78 is 0. The molecule has 1 atom stereocenters. The molecule has 148 valence electrons. The van der Waals surface area contributed by atoms with Crippen LogP contribution in [0.3, 0.4) is 0 Å². The highest BCUT2D eigenvalue weighted by Gasteiger charge is 2.28. The minimum atomic E-state index is 0.0115. The van der Waals surface area contributed by atoms with E-state index in [9.17, 15) is 4.79 Å². The van der Waals surface area contributed by atoms with E-state index >= 15 is 0 Å². The lowest BCUT2D eigenvalue weighted by Crippen LogP contribution is -2.36. The molecule has 0 bridgehead atoms. The van der Waals surface area contributed by atoms with Crippen LogP contribution >= 0.6 is 11.6 Å². The van der Waals surface area contributed by atoms with Crippen LogP contribution in [0.2, 0.25) is 5.02 Å². The number of nitrogen functional groups attached to an aromatic ring is 1. The van der Waals surface area contributed by atoms with E-state index in [1.165, 1.54) is 5.56 Å². The van der Waals surface area contributed by atoms with Crippen LogP contribution in [0.5, 0.6) is 0 Å². The molecular weight excluding hydrogens is 376 g/mol. The molecule has 28 heavy (non-hydrogen) atoms. The molecule has 4 rings (SSSR count). The van der Waals surface area contributed by atoms with E-state index < -0.39 is 0 Å². The van der Waals surface area contributed by atoms with E-state index in [2.05, 4.69) is 15.5 Å². The van der Waals surface area contributed by atoms with Gasteiger partial charge in [-0.2, -0.15) is 4.98 Å². The Morgan fingerprint density at radius 2 is 2.07 bits per heavy atom. The maximum absolute atomic E-state index is 11.4. The molecule has 1 aromatic heterocycles. The van der Waals surface area contributed by atoms with Crippen molar-refractivity contribution >= 4 is 40.6 Å². The average Bonchev–Trinajstić information content (AvgIpc) is 3.07. The normalized spacial score (nSPS) is 18.6. The SMILES string of the molecule is CC(=O)NC1CCN(c2nc(Nc3cc(N)cc(Cl)c3)nc3c2CCCC3)C1. The first-order valence-corrected chi connectivity index (χ1v) is 10.1. The summed E-state index contributed by atoms with van der Waals surface area (Å²) in [4.78, 5) is 23.3. The van der Waals surface area contributed by atoms with Gasteiger partial charge in [-0.05, 0) is 50.3 Å². The first kappa shape index (κ1) is 18.8. The lowest BCUT2D eigenvalue weighted by atomic mass is 9.96. The Kier molecular flexibility index (Phi) is 5.26. The summed E-state index contributed by atoms with van der Waals surface area (Å²) in [6.45, 7) is 3.21. The van der Waals surface area contributed by atoms with Gasteiger partial charge in [0.25, 0.3) is 0 Å². The Labute approximate surface area is 169 Å². The van der Waals surface area contributed by atoms with Gasteiger partial charge in [0.2, 0.25) is 11.9 Å². The lowest BCUT2D eigenvalue weighted by molar-refractivity contribution is -0.119. The van der Waals surface area contributed by atoms with Gasteiger partial charge in [-0.15, -0.1) is 0 Å². The van der Waals surface area contributed by atoms with E-state index in [0.717, 1.165) is 62.4 Å². The molecule has 2 heterocycles. The van der Waals surface area contributed by atoms with Crippen LogP contribution in [0.4, 0.5) is 23.1 Å². The predicted molar refractivity (Wildman–Crippen MR) is 112 cm³/mol. The minimum absolute atomic E-state index is 0.0115. The predicted octanol–water partition coefficient (Wildman–Crippen LogP) is 3.05. The first-order valence-electron chi connectivity index (χ1n) is 9.73. The molecule has 8 heteroatoms. The summed E-state index contributed by atoms with van der Waals surface area (Å²) in [5.41, 5.74) is 9.61. The molecule has 1 aliphatic heterocycles. The zero-order valence-electron chi connectivity index (χ0n) is 16.0. The zero-order valence-corrected chi connectivity index (χ0v) is 16.7. The molecule has 1 fully saturated rings. The van der Waals surface area contributed by atoms with Crippen LogP contribution in [-0.2, 0) is 17.6 Å². The number of nitrogens with two attached hydrogens (primary N) is 1. The summed E-state index contributed by atoms with van der Waals surface area (Å²) in [5.74, 6) is 1.55. The van der Waals surface area contributed by atoms with Gasteiger partial charge in [-0.3, -0.25) is 4.79 Å². The number of hydrogen-bond donors (Lipinski definition) is 3. The van der Waals surface area contributed by atoms with Crippen molar-refractivity contribution in [3.8, 4) is 0 Å². The number of halogens is 1. The monoisotopic (exact) mass is 400 g/mol. The van der Waals surface area contributed by atoms with Crippen LogP contribution < -0.4 is 21.3 Å². The summed E-state index contributed by atoms with van der Waals surface area (Å²) >= 11 is 6.12. The number of rotatable bonds is 4. The summed E-state index contributed by atoms with van der Waals surface area (Å²) in [7, 11) is 0. The van der Waals surface area contributed by atoms with Crippen molar-refractivity contribution in [3.63, 3.8) is 0 Å². The summed E-state index contributed by atoms with van der Waals surface area (Å²) in [5, 5.41) is 6.85. The third-order valence-electron chi connectivity index (χ3n) is 5.23. The van der Waals surface area contributed by atoms with Gasteiger partial charge in [0.05, 0.1) is 5.69 Å². The Hall–Kier alpha value is -2.54. The van der Waals surface area contributed by atoms with Gasteiger partial charge in [0, 0.05) is 48.0 Å². The fourth-order valence-electron chi connectivity index (χ4n) is 4.06. The van der Waals surface area contributed by atoms with Crippen LogP contribution in [0.1, 0.15) is 37.4 Å². The number of nitrogens with zero attached hydrogens (tertiary/aromatic N) is 3. The standard InChI is InChI=1S/C20H25ClN6O/c1-12(28)23-15-6-7-27(11-15)19-17-4-2-3-5-18(17)25-20(26-19)24-16-9-13(21)8-14(22)10-16/h8-10,15H,2-7,11,22H2,1H3,(H,23,28)(H,24,25,26). The lowest BCUT2D eigenvalue weighted by Gasteiger charge is -2.25. The summed E-state index contributed by atoms with van der Waals surface area (Å²) in [6, 6.07) is 5.49. The molecule has 1 unspecified atom stereocenters. The Bertz CT molecular complexity index is 882. The molecule has 0 spiro atoms. The van der Waals surface area contributed by atoms with Crippen molar-refractivity contribution in [1.29, 1.82) is 0 Å². The van der Waals surface area contributed by atoms with E-state index in [1.807, 2.05) is 12.1 Å². The molecule has 1 saturated heterocycles. The third kappa shape index (κ3) is 4.14. The Morgan fingerprint density at radius 3 is 2.86 bits per heavy atom. The number of aryl methyl sites for hydroxylation is 1. The number of carbonyl (C=O) groups is 1. The minimum Gasteiger partial charge on any atom is -0.399 e. The van der Waals surface area contributed by atoms with Gasteiger partial charge < -0.3 is 21.3 Å². The molecule has 1 aliphatic carbocycles. The topological polar surface area (TPSA) is 96.2 Å². The molecule has 4 N–H and O–H groups in total. The van der Waals surface area contributed by atoms with E-state index in [4.69, 9.17) is 27.3 Å². The molecule has 1 aromatic carbocycles. The smallest absolute Gasteiger partial charge is 0.229 e. The van der Waals surface area contributed by atoms with Crippen LogP contribution in [0.25, 0.3) is 0 Å². The van der Waals surface area contributed by atoms with E-state index in [1.54, 1.807) is 13.0 Å². The molecular formula is C20H25ClN6O. The second-order valence-electron chi connectivity index (χ2n) is 7.53. The van der Waals surface area contributed by atoms with Crippen molar-refractivity contribution in [2.45, 2.75) is 45.1 Å². The van der Waals surface area contributed by atoms with E-state index in [0.29, 0.717) is 16.7 Å². The second-order valence-corrected chi connectivity index (χ2v) is 7.97. The Balaban J connectivity index is 1.64. The van der Waals surface area contributed by atoms with Gasteiger partial charge in [-0.25, -0.2) is 4.98 Å². The fraction of sp³-hybridized carbons (Fsp3) is 0.450. The molecule has 2 aromatic rings. The average molecular weight is 401 g/mol. The highest BCUT2D eigenvalue weighted by Crippen LogP contribution is 2.32. The highest BCUT2D eigenvalue weighted by molar-refractivity contribution is 6.31. The number of amides is 1. The Morgan fingerprint density at radius 1 is 1.25 bits per heavy atom. The molecule has 0 saturated carbocycles. The van der Waals surface area contributed by atoms with Crippen LogP contribution in [-0.4, -0.2) is 35.0 Å². The largest absolute Gasteiger partial charge is 0.399 e. The molecule has 1 amide bonds. The third-order valence-corrected chi connectivity index (χ3v) is 5.45. The van der Waals surface area contributed by atoms with Gasteiger partial charge in [0.1, 0.15) is 5.82 Å². The second kappa shape index (κ2) is 7.83. The van der Waals surface area contributed by atoms with Crippen LogP contribution in [0, 0.1) is 0 Å². The highest BCUT2D eigenvalue weighted by atomic mass is 35.5. The number of anilines is 4. The fourth-order valence-corrected chi connectivity index (χ4v) is 4.31. The van der Waals surface area contributed by atoms with Crippen LogP contribution in [0.15, 0.2) is 18.2 Å². The number of fused-ring (bicyclic) bond motifs is 1. The molecule has 7 nitrogen and oxygen atoms in total. The quantitative estimate of drug-likeness (QED) is 0.682. The van der Waals surface area contributed by atoms with Crippen molar-refractivity contribution in [1.82, 2.24) is 15.3 Å². The number of hydrogen-bond acceptors (Lipinski definition) is 6. The van der Waals surface area contributed by atoms with Crippen molar-refractivity contribution in [2.75, 3.05) is 29.0 Å². The molecule has 2 aliphatic rings. The molecule has 0 radical (unpaired) electrons. The van der Waals surface area contributed by atoms with Crippen molar-refractivity contribution < 1.29 is 4.79 Å². The number of aromatic nitrogens is 2. The maximum atomic E-state index is 11.4. The van der Waals surface area contributed by atoms with Crippen molar-refractivity contribution in [3.05, 3.63) is 34.5 Å². The maximum Gasteiger partial charge on any atom is 0.229 e. The summed E-state index contributed by atoms with van der Waals surface area (Å²) in [6.07, 6.45) is 5.17. The van der Waals surface area contributed by atoms with Gasteiger partial charge in [-0.1, -0.05) is 11.6 Å². The van der Waals surface area contributed by atoms with Crippen molar-refractivity contribution in [2.24, 2.45) is 0 Å². The number of benzene rings is 1. The van der Waals surface area contributed by atoms with E-state index in [-0.39, 0.29) is 11.9 Å². The number of carbonyl (C=O) groups excluding carboxylic acids is 1. The van der Waals surface area contributed by atoms with Gasteiger partial charge >= 0.3 is 0 Å². The van der Waals surface area contributed by atoms with Gasteiger partial charge in [0.15, 0.2) is 0 Å².